The van der Waals surface area contributed by atoms with E-state index in [0.717, 1.165) is 103 Å². The summed E-state index contributed by atoms with van der Waals surface area (Å²) >= 11 is 0. The highest BCUT2D eigenvalue weighted by Crippen LogP contribution is 2.43. The van der Waals surface area contributed by atoms with Gasteiger partial charge in [-0.3, -0.25) is 13.8 Å². The van der Waals surface area contributed by atoms with Crippen molar-refractivity contribution in [1.29, 1.82) is 0 Å². The van der Waals surface area contributed by atoms with Gasteiger partial charge >= 0.3 is 7.82 Å². The quantitative estimate of drug-likeness (QED) is 0.0243. The SMILES string of the molecule is CC/C=C\C/C=C\C/C=C\C/C=C\C/C=C\C/C=C\CCCCCCCCC(=O)NC(COP(=O)(O)OCC[N+](C)(C)C)C(O)/C=C/CC/C=C/CC/C=C/CCCCCCCCCCCCCCCCC. The zero-order chi connectivity index (χ0) is 52.7. The molecule has 0 saturated carbocycles. The zero-order valence-electron chi connectivity index (χ0n) is 47.1. The van der Waals surface area contributed by atoms with Gasteiger partial charge in [-0.1, -0.05) is 239 Å². The molecule has 72 heavy (non-hydrogen) atoms. The first kappa shape index (κ1) is 69.2. The molecule has 0 spiro atoms. The lowest BCUT2D eigenvalue weighted by Gasteiger charge is -2.25. The van der Waals surface area contributed by atoms with Crippen LogP contribution in [-0.4, -0.2) is 73.4 Å². The minimum Gasteiger partial charge on any atom is -0.387 e. The smallest absolute Gasteiger partial charge is 0.387 e. The molecule has 0 aliphatic heterocycles. The van der Waals surface area contributed by atoms with E-state index in [4.69, 9.17) is 9.05 Å². The lowest BCUT2D eigenvalue weighted by atomic mass is 10.0. The fourth-order valence-corrected chi connectivity index (χ4v) is 8.64. The molecule has 0 bridgehead atoms. The molecule has 1 amide bonds. The lowest BCUT2D eigenvalue weighted by molar-refractivity contribution is -0.870. The van der Waals surface area contributed by atoms with Crippen LogP contribution in [0.1, 0.15) is 232 Å². The Balaban J connectivity index is 4.36. The second-order valence-electron chi connectivity index (χ2n) is 20.6. The highest BCUT2D eigenvalue weighted by atomic mass is 31.2. The van der Waals surface area contributed by atoms with Gasteiger partial charge in [-0.15, -0.1) is 0 Å². The number of quaternary nitrogens is 1. The van der Waals surface area contributed by atoms with Crippen molar-refractivity contribution in [2.45, 2.75) is 244 Å². The predicted molar refractivity (Wildman–Crippen MR) is 313 cm³/mol. The van der Waals surface area contributed by atoms with Gasteiger partial charge in [0.15, 0.2) is 0 Å². The second kappa shape index (κ2) is 53.0. The van der Waals surface area contributed by atoms with Crippen molar-refractivity contribution in [2.75, 3.05) is 40.9 Å². The van der Waals surface area contributed by atoms with E-state index < -0.39 is 20.0 Å². The van der Waals surface area contributed by atoms with Gasteiger partial charge in [0.25, 0.3) is 0 Å². The molecule has 3 atom stereocenters. The van der Waals surface area contributed by atoms with Crippen LogP contribution in [0.2, 0.25) is 0 Å². The molecule has 414 valence electrons. The van der Waals surface area contributed by atoms with Gasteiger partial charge in [0.2, 0.25) is 5.91 Å². The number of phosphoric ester groups is 1. The van der Waals surface area contributed by atoms with Crippen LogP contribution in [0.25, 0.3) is 0 Å². The summed E-state index contributed by atoms with van der Waals surface area (Å²) in [5, 5.41) is 13.9. The summed E-state index contributed by atoms with van der Waals surface area (Å²) < 4.78 is 23.7. The van der Waals surface area contributed by atoms with Crippen LogP contribution < -0.4 is 5.32 Å². The molecule has 3 N–H and O–H groups in total. The van der Waals surface area contributed by atoms with Gasteiger partial charge in [0.1, 0.15) is 13.2 Å². The van der Waals surface area contributed by atoms with E-state index in [-0.39, 0.29) is 19.1 Å². The van der Waals surface area contributed by atoms with Gasteiger partial charge in [-0.2, -0.15) is 0 Å². The average molecular weight is 1020 g/mol. The summed E-state index contributed by atoms with van der Waals surface area (Å²) in [7, 11) is 1.52. The zero-order valence-corrected chi connectivity index (χ0v) is 48.0. The standard InChI is InChI=1S/C63H111N2O6P/c1-6-8-10-12-14-16-18-20-22-24-26-28-30-32-34-36-38-40-42-44-46-48-50-52-54-56-62(66)61(60-71-72(68,69)70-59-58-65(3,4)5)64-63(67)57-55-53-51-49-47-45-43-41-39-37-35-33-31-29-27-25-23-21-19-17-15-13-11-9-7-2/h9,11,15,17,21,23,27,29,33,35,38-41,46,48,54,56,61-62,66H,6-8,10,12-14,16,18-20,22,24-26,28,30-32,34,36-37,42-45,47,49-53,55,57-60H2,1-5H3,(H-,64,67,68,69)/p+1/b11-9-,17-15-,23-21-,29-27-,35-33-,40-38+,41-39-,48-46+,56-54+. The van der Waals surface area contributed by atoms with Crippen molar-refractivity contribution in [3.8, 4) is 0 Å². The average Bonchev–Trinajstić information content (AvgIpc) is 3.34. The molecule has 0 heterocycles. The van der Waals surface area contributed by atoms with E-state index in [1.165, 1.54) is 109 Å². The molecule has 0 aromatic carbocycles. The van der Waals surface area contributed by atoms with E-state index >= 15 is 0 Å². The monoisotopic (exact) mass is 1020 g/mol. The van der Waals surface area contributed by atoms with E-state index in [0.29, 0.717) is 17.4 Å². The van der Waals surface area contributed by atoms with Crippen LogP contribution in [0.4, 0.5) is 0 Å². The summed E-state index contributed by atoms with van der Waals surface area (Å²) in [6.07, 6.45) is 77.7. The summed E-state index contributed by atoms with van der Waals surface area (Å²) in [6.45, 7) is 4.66. The van der Waals surface area contributed by atoms with Crippen LogP contribution in [0.3, 0.4) is 0 Å². The Labute approximate surface area is 444 Å². The molecule has 9 heteroatoms. The number of aliphatic hydroxyl groups is 1. The van der Waals surface area contributed by atoms with Crippen molar-refractivity contribution in [3.05, 3.63) is 109 Å². The van der Waals surface area contributed by atoms with Crippen molar-refractivity contribution < 1.29 is 32.9 Å². The van der Waals surface area contributed by atoms with Gasteiger partial charge < -0.3 is 19.8 Å². The number of hydrogen-bond acceptors (Lipinski definition) is 5. The molecule has 3 unspecified atom stereocenters. The number of carbonyl (C=O) groups is 1. The summed E-state index contributed by atoms with van der Waals surface area (Å²) in [5.41, 5.74) is 0. The number of hydrogen-bond donors (Lipinski definition) is 3. The third-order valence-electron chi connectivity index (χ3n) is 12.5. The highest BCUT2D eigenvalue weighted by molar-refractivity contribution is 7.47. The first-order valence-corrected chi connectivity index (χ1v) is 30.8. The van der Waals surface area contributed by atoms with Gasteiger partial charge in [0.05, 0.1) is 39.9 Å². The minimum atomic E-state index is -4.37. The maximum absolute atomic E-state index is 13.0. The van der Waals surface area contributed by atoms with Gasteiger partial charge in [-0.25, -0.2) is 4.57 Å². The van der Waals surface area contributed by atoms with Gasteiger partial charge in [0, 0.05) is 6.42 Å². The summed E-state index contributed by atoms with van der Waals surface area (Å²) in [5.74, 6) is -0.209. The Morgan fingerprint density at radius 2 is 0.847 bits per heavy atom. The number of phosphoric acid groups is 1. The number of nitrogens with one attached hydrogen (secondary N) is 1. The number of aliphatic hydroxyl groups excluding tert-OH is 1. The Kier molecular flexibility index (Phi) is 50.9. The molecular weight excluding hydrogens is 912 g/mol. The third-order valence-corrected chi connectivity index (χ3v) is 13.4. The molecular formula is C63H112N2O6P+. The van der Waals surface area contributed by atoms with Gasteiger partial charge in [-0.05, 0) is 96.3 Å². The minimum absolute atomic E-state index is 0.0443. The number of carbonyl (C=O) groups excluding carboxylic acids is 1. The van der Waals surface area contributed by atoms with Crippen molar-refractivity contribution >= 4 is 13.7 Å². The predicted octanol–water partition coefficient (Wildman–Crippen LogP) is 18.0. The summed E-state index contributed by atoms with van der Waals surface area (Å²) in [4.78, 5) is 23.3. The number of allylic oxidation sites excluding steroid dienone is 17. The number of unbranched alkanes of at least 4 members (excludes halogenated alkanes) is 23. The fraction of sp³-hybridized carbons (Fsp3) is 0.698. The molecule has 0 aromatic heterocycles. The fourth-order valence-electron chi connectivity index (χ4n) is 7.90. The van der Waals surface area contributed by atoms with E-state index in [2.05, 4.69) is 116 Å². The Morgan fingerprint density at radius 3 is 1.28 bits per heavy atom. The number of likely N-dealkylation sites (N-methyl/N-ethyl adjacent to an activating group) is 1. The maximum Gasteiger partial charge on any atom is 0.472 e. The lowest BCUT2D eigenvalue weighted by Crippen LogP contribution is -2.45. The van der Waals surface area contributed by atoms with Crippen LogP contribution in [0.5, 0.6) is 0 Å². The van der Waals surface area contributed by atoms with Crippen LogP contribution in [0, 0.1) is 0 Å². The third kappa shape index (κ3) is 54.9. The number of amides is 1. The molecule has 0 aliphatic carbocycles. The topological polar surface area (TPSA) is 105 Å². The molecule has 0 fully saturated rings. The molecule has 0 aromatic rings. The molecule has 0 saturated heterocycles. The van der Waals surface area contributed by atoms with E-state index in [1.54, 1.807) is 6.08 Å². The van der Waals surface area contributed by atoms with Crippen LogP contribution >= 0.6 is 7.82 Å². The molecule has 0 aliphatic rings. The first-order valence-electron chi connectivity index (χ1n) is 29.3. The van der Waals surface area contributed by atoms with Crippen molar-refractivity contribution in [1.82, 2.24) is 5.32 Å². The Bertz CT molecular complexity index is 1540. The van der Waals surface area contributed by atoms with Crippen LogP contribution in [0.15, 0.2) is 109 Å². The van der Waals surface area contributed by atoms with Crippen molar-refractivity contribution in [3.63, 3.8) is 0 Å². The summed E-state index contributed by atoms with van der Waals surface area (Å²) in [6, 6.07) is -0.887. The van der Waals surface area contributed by atoms with E-state index in [1.807, 2.05) is 27.2 Å². The Hall–Kier alpha value is -2.84. The maximum atomic E-state index is 13.0. The molecule has 8 nitrogen and oxygen atoms in total. The number of rotatable bonds is 52. The van der Waals surface area contributed by atoms with Crippen LogP contribution in [-0.2, 0) is 18.4 Å². The largest absolute Gasteiger partial charge is 0.472 e. The number of nitrogens with zero attached hydrogens (tertiary/aromatic N) is 1. The normalized spacial score (nSPS) is 14.7. The highest BCUT2D eigenvalue weighted by Gasteiger charge is 2.27. The molecule has 0 radical (unpaired) electrons. The van der Waals surface area contributed by atoms with E-state index in [9.17, 15) is 19.4 Å². The first-order chi connectivity index (χ1) is 35.0. The van der Waals surface area contributed by atoms with Crippen molar-refractivity contribution in [2.24, 2.45) is 0 Å². The second-order valence-corrected chi connectivity index (χ2v) is 22.1. The molecule has 0 rings (SSSR count). The Morgan fingerprint density at radius 1 is 0.486 bits per heavy atom.